The first kappa shape index (κ1) is 21.7. The normalized spacial score (nSPS) is 12.2. The Morgan fingerprint density at radius 3 is 2.07 bits per heavy atom. The number of nitrogens with zero attached hydrogens (tertiary/aromatic N) is 1. The van der Waals surface area contributed by atoms with E-state index in [0.29, 0.717) is 18.4 Å². The van der Waals surface area contributed by atoms with Gasteiger partial charge < -0.3 is 9.26 Å². The molecule has 0 aliphatic carbocycles. The van der Waals surface area contributed by atoms with Gasteiger partial charge in [0.25, 0.3) is 0 Å². The zero-order valence-corrected chi connectivity index (χ0v) is 15.7. The Morgan fingerprint density at radius 1 is 1.03 bits per heavy atom. The van der Waals surface area contributed by atoms with E-state index >= 15 is 0 Å². The van der Waals surface area contributed by atoms with Crippen LogP contribution in [0.25, 0.3) is 22.4 Å². The molecule has 0 aliphatic heterocycles. The summed E-state index contributed by atoms with van der Waals surface area (Å²) in [6, 6.07) is 5.59. The summed E-state index contributed by atoms with van der Waals surface area (Å²) in [6.07, 6.45) is -4.28. The van der Waals surface area contributed by atoms with Crippen molar-refractivity contribution in [1.82, 2.24) is 5.16 Å². The van der Waals surface area contributed by atoms with Gasteiger partial charge in [-0.2, -0.15) is 0 Å². The molecule has 3 rings (SSSR count). The van der Waals surface area contributed by atoms with Gasteiger partial charge in [0.2, 0.25) is 0 Å². The number of aromatic nitrogens is 1. The van der Waals surface area contributed by atoms with E-state index < -0.39 is 50.9 Å². The quantitative estimate of drug-likeness (QED) is 0.508. The second kappa shape index (κ2) is 7.67. The summed E-state index contributed by atoms with van der Waals surface area (Å²) in [5, 5.41) is 3.63. The maximum Gasteiger partial charge on any atom is 0.573 e. The van der Waals surface area contributed by atoms with Gasteiger partial charge in [-0.1, -0.05) is 5.16 Å². The summed E-state index contributed by atoms with van der Waals surface area (Å²) in [4.78, 5) is -1.15. The third-order valence-corrected chi connectivity index (χ3v) is 5.03. The minimum Gasteiger partial charge on any atom is -0.406 e. The molecular weight excluding hydrogens is 440 g/mol. The molecule has 1 heterocycles. The number of ether oxygens (including phenoxy) is 1. The van der Waals surface area contributed by atoms with Gasteiger partial charge in [-0.15, -0.1) is 13.2 Å². The molecule has 3 aromatic rings. The molecule has 0 atom stereocenters. The number of benzene rings is 2. The largest absolute Gasteiger partial charge is 0.573 e. The topological polar surface area (TPSA) is 69.4 Å². The summed E-state index contributed by atoms with van der Waals surface area (Å²) in [5.41, 5.74) is -0.431. The predicted octanol–water partition coefficient (Wildman–Crippen LogP) is 5.06. The van der Waals surface area contributed by atoms with E-state index in [9.17, 15) is 34.8 Å². The second-order valence-electron chi connectivity index (χ2n) is 6.08. The van der Waals surface area contributed by atoms with Crippen molar-refractivity contribution >= 4 is 9.84 Å². The van der Waals surface area contributed by atoms with E-state index in [4.69, 9.17) is 4.52 Å². The Morgan fingerprint density at radius 2 is 1.60 bits per heavy atom. The van der Waals surface area contributed by atoms with Gasteiger partial charge in [0.15, 0.2) is 22.3 Å². The van der Waals surface area contributed by atoms with Crippen molar-refractivity contribution in [3.63, 3.8) is 0 Å². The van der Waals surface area contributed by atoms with Crippen molar-refractivity contribution in [2.75, 3.05) is 6.26 Å². The zero-order valence-electron chi connectivity index (χ0n) is 14.9. The van der Waals surface area contributed by atoms with E-state index in [1.54, 1.807) is 0 Å². The maximum absolute atomic E-state index is 14.3. The number of sulfone groups is 1. The van der Waals surface area contributed by atoms with E-state index in [-0.39, 0.29) is 22.4 Å². The fourth-order valence-corrected chi connectivity index (χ4v) is 3.61. The molecule has 0 aliphatic rings. The Bertz CT molecular complexity index is 1160. The molecule has 5 nitrogen and oxygen atoms in total. The lowest BCUT2D eigenvalue weighted by molar-refractivity contribution is -0.274. The third-order valence-electron chi connectivity index (χ3n) is 3.90. The molecular formula is C18H11F6NO4S. The molecule has 30 heavy (non-hydrogen) atoms. The number of halogens is 6. The SMILES string of the molecule is CS(=O)(=O)c1c(F)cc(-c2c(-c3ccc(OC(F)(F)F)cc3)noc2CF)cc1F. The standard InChI is InChI=1S/C18H11F6NO4S/c1-30(26,27)17-12(20)6-10(7-13(17)21)15-14(8-19)29-25-16(15)9-2-4-11(5-3-9)28-18(22,23)24/h2-7H,8H2,1H3. The highest BCUT2D eigenvalue weighted by atomic mass is 32.2. The van der Waals surface area contributed by atoms with Crippen LogP contribution in [-0.4, -0.2) is 26.2 Å². The average molecular weight is 451 g/mol. The highest BCUT2D eigenvalue weighted by Crippen LogP contribution is 2.38. The minimum absolute atomic E-state index is 0.118. The summed E-state index contributed by atoms with van der Waals surface area (Å²) in [5.74, 6) is -3.75. The average Bonchev–Trinajstić information content (AvgIpc) is 3.03. The molecule has 1 aromatic heterocycles. The van der Waals surface area contributed by atoms with Crippen LogP contribution in [0.1, 0.15) is 5.76 Å². The first-order valence-corrected chi connectivity index (χ1v) is 9.90. The number of alkyl halides is 4. The van der Waals surface area contributed by atoms with E-state index in [1.165, 1.54) is 0 Å². The van der Waals surface area contributed by atoms with E-state index in [1.807, 2.05) is 0 Å². The summed E-state index contributed by atoms with van der Waals surface area (Å²) in [6.45, 7) is -1.21. The van der Waals surface area contributed by atoms with Crippen LogP contribution in [0.5, 0.6) is 5.75 Å². The summed E-state index contributed by atoms with van der Waals surface area (Å²) in [7, 11) is -4.22. The van der Waals surface area contributed by atoms with Crippen molar-refractivity contribution in [1.29, 1.82) is 0 Å². The zero-order chi connectivity index (χ0) is 22.3. The van der Waals surface area contributed by atoms with Gasteiger partial charge in [0.05, 0.1) is 5.56 Å². The summed E-state index contributed by atoms with van der Waals surface area (Å²) >= 11 is 0. The monoisotopic (exact) mass is 451 g/mol. The Hall–Kier alpha value is -3.02. The maximum atomic E-state index is 14.3. The van der Waals surface area contributed by atoms with Crippen molar-refractivity contribution in [3.8, 4) is 28.1 Å². The van der Waals surface area contributed by atoms with E-state index in [2.05, 4.69) is 9.89 Å². The first-order valence-electron chi connectivity index (χ1n) is 8.01. The van der Waals surface area contributed by atoms with Gasteiger partial charge in [0, 0.05) is 11.8 Å². The molecule has 2 aromatic carbocycles. The van der Waals surface area contributed by atoms with Crippen LogP contribution in [0, 0.1) is 11.6 Å². The van der Waals surface area contributed by atoms with Gasteiger partial charge in [0.1, 0.15) is 28.0 Å². The van der Waals surface area contributed by atoms with Crippen LogP contribution in [0.4, 0.5) is 26.3 Å². The highest BCUT2D eigenvalue weighted by Gasteiger charge is 2.31. The Labute approximate surface area is 165 Å². The van der Waals surface area contributed by atoms with Crippen LogP contribution in [0.15, 0.2) is 45.8 Å². The van der Waals surface area contributed by atoms with Crippen molar-refractivity contribution in [2.24, 2.45) is 0 Å². The third kappa shape index (κ3) is 4.42. The predicted molar refractivity (Wildman–Crippen MR) is 91.9 cm³/mol. The molecule has 160 valence electrons. The van der Waals surface area contributed by atoms with Crippen LogP contribution >= 0.6 is 0 Å². The fraction of sp³-hybridized carbons (Fsp3) is 0.167. The van der Waals surface area contributed by atoms with Gasteiger partial charge in [-0.3, -0.25) is 0 Å². The molecule has 0 unspecified atom stereocenters. The molecule has 0 fully saturated rings. The lowest BCUT2D eigenvalue weighted by atomic mass is 9.99. The Balaban J connectivity index is 2.11. The molecule has 0 saturated carbocycles. The van der Waals surface area contributed by atoms with E-state index in [0.717, 1.165) is 24.3 Å². The molecule has 0 radical (unpaired) electrons. The smallest absolute Gasteiger partial charge is 0.406 e. The highest BCUT2D eigenvalue weighted by molar-refractivity contribution is 7.90. The number of hydrogen-bond acceptors (Lipinski definition) is 5. The van der Waals surface area contributed by atoms with Crippen LogP contribution in [-0.2, 0) is 16.5 Å². The van der Waals surface area contributed by atoms with Crippen LogP contribution < -0.4 is 4.74 Å². The minimum atomic E-state index is -4.90. The van der Waals surface area contributed by atoms with Crippen LogP contribution in [0.3, 0.4) is 0 Å². The first-order chi connectivity index (χ1) is 13.9. The number of hydrogen-bond donors (Lipinski definition) is 0. The molecule has 0 spiro atoms. The number of rotatable bonds is 5. The Kier molecular flexibility index (Phi) is 5.54. The molecule has 12 heteroatoms. The molecule has 0 saturated heterocycles. The molecule has 0 N–H and O–H groups in total. The second-order valence-corrected chi connectivity index (χ2v) is 8.03. The summed E-state index contributed by atoms with van der Waals surface area (Å²) < 4.78 is 110. The molecule has 0 amide bonds. The van der Waals surface area contributed by atoms with Crippen molar-refractivity contribution in [2.45, 2.75) is 17.9 Å². The molecule has 0 bridgehead atoms. The van der Waals surface area contributed by atoms with Gasteiger partial charge in [-0.25, -0.2) is 21.6 Å². The van der Waals surface area contributed by atoms with Crippen molar-refractivity contribution in [3.05, 3.63) is 53.8 Å². The van der Waals surface area contributed by atoms with Crippen LogP contribution in [0.2, 0.25) is 0 Å². The van der Waals surface area contributed by atoms with Gasteiger partial charge >= 0.3 is 6.36 Å². The van der Waals surface area contributed by atoms with Gasteiger partial charge in [-0.05, 0) is 42.0 Å². The lowest BCUT2D eigenvalue weighted by Crippen LogP contribution is -2.16. The van der Waals surface area contributed by atoms with Crippen molar-refractivity contribution < 1.29 is 44.0 Å². The fourth-order valence-electron chi connectivity index (χ4n) is 2.78. The lowest BCUT2D eigenvalue weighted by Gasteiger charge is -2.10.